The Morgan fingerprint density at radius 1 is 1.28 bits per heavy atom. The van der Waals surface area contributed by atoms with E-state index in [-0.39, 0.29) is 0 Å². The molecular weight excluding hydrogens is 406 g/mol. The molecule has 3 rings (SSSR count). The summed E-state index contributed by atoms with van der Waals surface area (Å²) in [5.74, 6) is -0.0588. The third-order valence-electron chi connectivity index (χ3n) is 5.14. The van der Waals surface area contributed by atoms with E-state index in [1.54, 1.807) is 25.4 Å². The second-order valence-electron chi connectivity index (χ2n) is 8.64. The van der Waals surface area contributed by atoms with E-state index in [1.165, 1.54) is 0 Å². The van der Waals surface area contributed by atoms with Gasteiger partial charge in [-0.25, -0.2) is 9.78 Å². The number of aromatic nitrogens is 1. The van der Waals surface area contributed by atoms with Crippen molar-refractivity contribution in [2.24, 2.45) is 0 Å². The Hall–Kier alpha value is -3.53. The molecule has 0 aliphatic carbocycles. The minimum Gasteiger partial charge on any atom is -0.496 e. The van der Waals surface area contributed by atoms with E-state index in [9.17, 15) is 10.1 Å². The molecule has 0 saturated carbocycles. The van der Waals surface area contributed by atoms with Crippen LogP contribution in [0.4, 0.5) is 5.69 Å². The number of nitrogens with one attached hydrogen (secondary N) is 1. The fourth-order valence-corrected chi connectivity index (χ4v) is 3.84. The number of methoxy groups -OCH3 is 1. The summed E-state index contributed by atoms with van der Waals surface area (Å²) >= 11 is 0. The third kappa shape index (κ3) is 4.40. The zero-order chi connectivity index (χ0) is 23.6. The van der Waals surface area contributed by atoms with Crippen LogP contribution in [0.1, 0.15) is 62.8 Å². The maximum absolute atomic E-state index is 13.4. The van der Waals surface area contributed by atoms with Gasteiger partial charge < -0.3 is 19.5 Å². The number of pyridine rings is 1. The first-order chi connectivity index (χ1) is 15.1. The normalized spacial score (nSPS) is 15.4. The molecule has 0 bridgehead atoms. The number of fused-ring (bicyclic) bond motifs is 1. The number of esters is 1. The Labute approximate surface area is 189 Å². The van der Waals surface area contributed by atoms with Crippen molar-refractivity contribution in [2.45, 2.75) is 53.1 Å². The molecule has 1 aromatic carbocycles. The largest absolute Gasteiger partial charge is 0.496 e. The van der Waals surface area contributed by atoms with Crippen molar-refractivity contribution in [1.82, 2.24) is 4.98 Å². The molecule has 0 fully saturated rings. The van der Waals surface area contributed by atoms with Crippen LogP contribution in [0.15, 0.2) is 35.7 Å². The highest BCUT2D eigenvalue weighted by atomic mass is 16.6. The van der Waals surface area contributed by atoms with Crippen LogP contribution in [0.5, 0.6) is 11.6 Å². The number of rotatable bonds is 5. The van der Waals surface area contributed by atoms with E-state index < -0.39 is 17.5 Å². The number of anilines is 1. The van der Waals surface area contributed by atoms with E-state index in [0.29, 0.717) is 35.1 Å². The molecule has 0 spiro atoms. The lowest BCUT2D eigenvalue weighted by Crippen LogP contribution is -2.31. The Kier molecular flexibility index (Phi) is 6.45. The molecule has 1 aliphatic rings. The SMILES string of the molecule is CCOc1ncc(C)c2c1[C@H](c1ccc(C#N)cc1OC)C(C(=O)OC(C)(C)C)=C(C)N2. The number of benzene rings is 1. The summed E-state index contributed by atoms with van der Waals surface area (Å²) < 4.78 is 17.3. The first kappa shape index (κ1) is 23.1. The van der Waals surface area contributed by atoms with E-state index in [2.05, 4.69) is 16.4 Å². The number of nitrogens with zero attached hydrogens (tertiary/aromatic N) is 2. The second-order valence-corrected chi connectivity index (χ2v) is 8.64. The number of hydrogen-bond acceptors (Lipinski definition) is 7. The van der Waals surface area contributed by atoms with Gasteiger partial charge in [-0.05, 0) is 59.2 Å². The molecule has 0 saturated heterocycles. The van der Waals surface area contributed by atoms with Crippen LogP contribution >= 0.6 is 0 Å². The second kappa shape index (κ2) is 8.91. The molecule has 1 N–H and O–H groups in total. The lowest BCUT2D eigenvalue weighted by atomic mass is 9.79. The van der Waals surface area contributed by atoms with Crippen LogP contribution in [0.2, 0.25) is 0 Å². The zero-order valence-electron chi connectivity index (χ0n) is 19.6. The molecule has 2 heterocycles. The van der Waals surface area contributed by atoms with Gasteiger partial charge in [-0.2, -0.15) is 5.26 Å². The van der Waals surface area contributed by atoms with Gasteiger partial charge in [0.05, 0.1) is 48.1 Å². The molecule has 0 unspecified atom stereocenters. The molecular formula is C25H29N3O4. The molecule has 1 aliphatic heterocycles. The smallest absolute Gasteiger partial charge is 0.337 e. The Balaban J connectivity index is 2.34. The van der Waals surface area contributed by atoms with Crippen molar-refractivity contribution in [3.8, 4) is 17.7 Å². The van der Waals surface area contributed by atoms with Crippen molar-refractivity contribution < 1.29 is 19.0 Å². The minimum atomic E-state index is -0.669. The van der Waals surface area contributed by atoms with E-state index in [0.717, 1.165) is 22.4 Å². The fraction of sp³-hybridized carbons (Fsp3) is 0.400. The summed E-state index contributed by atoms with van der Waals surface area (Å²) in [6.45, 7) is 11.6. The number of ether oxygens (including phenoxy) is 3. The first-order valence-electron chi connectivity index (χ1n) is 10.5. The molecule has 7 heteroatoms. The van der Waals surface area contributed by atoms with Crippen molar-refractivity contribution in [3.63, 3.8) is 0 Å². The summed E-state index contributed by atoms with van der Waals surface area (Å²) in [7, 11) is 1.55. The van der Waals surface area contributed by atoms with Gasteiger partial charge in [0.2, 0.25) is 5.88 Å². The highest BCUT2D eigenvalue weighted by Crippen LogP contribution is 2.49. The molecule has 1 atom stereocenters. The Bertz CT molecular complexity index is 1120. The van der Waals surface area contributed by atoms with Gasteiger partial charge >= 0.3 is 5.97 Å². The van der Waals surface area contributed by atoms with Gasteiger partial charge in [-0.15, -0.1) is 0 Å². The summed E-state index contributed by atoms with van der Waals surface area (Å²) in [5, 5.41) is 12.7. The van der Waals surface area contributed by atoms with E-state index >= 15 is 0 Å². The summed E-state index contributed by atoms with van der Waals surface area (Å²) in [5.41, 5.74) is 4.14. The van der Waals surface area contributed by atoms with Gasteiger partial charge in [0.15, 0.2) is 0 Å². The van der Waals surface area contributed by atoms with Gasteiger partial charge in [0.25, 0.3) is 0 Å². The van der Waals surface area contributed by atoms with Crippen LogP contribution in [-0.2, 0) is 9.53 Å². The first-order valence-corrected chi connectivity index (χ1v) is 10.5. The Morgan fingerprint density at radius 2 is 2.00 bits per heavy atom. The summed E-state index contributed by atoms with van der Waals surface area (Å²) in [6, 6.07) is 7.33. The highest BCUT2D eigenvalue weighted by Gasteiger charge is 2.39. The summed E-state index contributed by atoms with van der Waals surface area (Å²) in [4.78, 5) is 17.9. The Morgan fingerprint density at radius 3 is 2.59 bits per heavy atom. The van der Waals surface area contributed by atoms with Gasteiger partial charge in [0.1, 0.15) is 11.4 Å². The van der Waals surface area contributed by atoms with Gasteiger partial charge in [-0.1, -0.05) is 6.07 Å². The minimum absolute atomic E-state index is 0.421. The van der Waals surface area contributed by atoms with Crippen molar-refractivity contribution in [3.05, 3.63) is 57.9 Å². The van der Waals surface area contributed by atoms with Crippen molar-refractivity contribution >= 4 is 11.7 Å². The maximum Gasteiger partial charge on any atom is 0.337 e. The van der Waals surface area contributed by atoms with Gasteiger partial charge in [0, 0.05) is 17.5 Å². The molecule has 1 aromatic heterocycles. The predicted octanol–water partition coefficient (Wildman–Crippen LogP) is 4.84. The monoisotopic (exact) mass is 435 g/mol. The lowest BCUT2D eigenvalue weighted by molar-refractivity contribution is -0.150. The van der Waals surface area contributed by atoms with Crippen LogP contribution in [0, 0.1) is 18.3 Å². The maximum atomic E-state index is 13.4. The van der Waals surface area contributed by atoms with Crippen LogP contribution in [-0.4, -0.2) is 30.3 Å². The topological polar surface area (TPSA) is 93.5 Å². The average molecular weight is 436 g/mol. The van der Waals surface area contributed by atoms with Crippen molar-refractivity contribution in [2.75, 3.05) is 19.0 Å². The quantitative estimate of drug-likeness (QED) is 0.672. The fourth-order valence-electron chi connectivity index (χ4n) is 3.84. The summed E-state index contributed by atoms with van der Waals surface area (Å²) in [6.07, 6.45) is 1.75. The van der Waals surface area contributed by atoms with Crippen LogP contribution in [0.25, 0.3) is 0 Å². The molecule has 168 valence electrons. The van der Waals surface area contributed by atoms with Gasteiger partial charge in [-0.3, -0.25) is 0 Å². The average Bonchev–Trinajstić information content (AvgIpc) is 2.73. The van der Waals surface area contributed by atoms with E-state index in [4.69, 9.17) is 14.2 Å². The number of carbonyl (C=O) groups excluding carboxylic acids is 1. The standard InChI is InChI=1S/C25H29N3O4/c1-8-31-23-21-20(17-10-9-16(12-26)11-18(17)30-7)19(24(29)32-25(4,5)6)15(3)28-22(21)14(2)13-27-23/h9-11,13,20,28H,8H2,1-7H3/t20-/m1/s1. The number of allylic oxidation sites excluding steroid dienone is 1. The predicted molar refractivity (Wildman–Crippen MR) is 122 cm³/mol. The molecule has 0 radical (unpaired) electrons. The van der Waals surface area contributed by atoms with Crippen molar-refractivity contribution in [1.29, 1.82) is 5.26 Å². The number of aryl methyl sites for hydroxylation is 1. The van der Waals surface area contributed by atoms with E-state index in [1.807, 2.05) is 47.6 Å². The molecule has 7 nitrogen and oxygen atoms in total. The zero-order valence-corrected chi connectivity index (χ0v) is 19.6. The van der Waals surface area contributed by atoms with Crippen LogP contribution < -0.4 is 14.8 Å². The highest BCUT2D eigenvalue weighted by molar-refractivity contribution is 5.96. The molecule has 32 heavy (non-hydrogen) atoms. The number of carbonyl (C=O) groups is 1. The third-order valence-corrected chi connectivity index (χ3v) is 5.14. The number of hydrogen-bond donors (Lipinski definition) is 1. The molecule has 2 aromatic rings. The number of nitriles is 1. The van der Waals surface area contributed by atoms with Crippen LogP contribution in [0.3, 0.4) is 0 Å². The lowest BCUT2D eigenvalue weighted by Gasteiger charge is -2.33. The molecule has 0 amide bonds.